The normalized spacial score (nSPS) is 13.2. The zero-order valence-corrected chi connectivity index (χ0v) is 12.8. The quantitative estimate of drug-likeness (QED) is 0.275. The Balaban J connectivity index is 4.42. The Bertz CT molecular complexity index is 382. The minimum absolute atomic E-state index is 0.111. The molecule has 0 bridgehead atoms. The van der Waals surface area contributed by atoms with Crippen molar-refractivity contribution in [3.8, 4) is 0 Å². The Kier molecular flexibility index (Phi) is 9.07. The van der Waals surface area contributed by atoms with Crippen LogP contribution in [0, 0.1) is 0 Å². The first-order chi connectivity index (χ1) is 9.36. The van der Waals surface area contributed by atoms with Gasteiger partial charge in [0.05, 0.1) is 20.3 Å². The van der Waals surface area contributed by atoms with Gasteiger partial charge in [0.2, 0.25) is 6.29 Å². The van der Waals surface area contributed by atoms with Crippen LogP contribution < -0.4 is 0 Å². The highest BCUT2D eigenvalue weighted by molar-refractivity contribution is 7.48. The smallest absolute Gasteiger partial charge is 0.466 e. The Morgan fingerprint density at radius 2 is 1.60 bits per heavy atom. The van der Waals surface area contributed by atoms with Gasteiger partial charge in [-0.05, 0) is 20.8 Å². The van der Waals surface area contributed by atoms with Crippen molar-refractivity contribution in [3.05, 3.63) is 12.2 Å². The van der Waals surface area contributed by atoms with Gasteiger partial charge in [0.25, 0.3) is 0 Å². The topological polar surface area (TPSA) is 97.4 Å². The lowest BCUT2D eigenvalue weighted by molar-refractivity contribution is -0.157. The third kappa shape index (κ3) is 8.06. The minimum atomic E-state index is -3.77. The number of phosphoric ester groups is 1. The van der Waals surface area contributed by atoms with Gasteiger partial charge in [0.1, 0.15) is 0 Å². The van der Waals surface area contributed by atoms with E-state index >= 15 is 0 Å². The first-order valence-electron chi connectivity index (χ1n) is 5.91. The first-order valence-corrected chi connectivity index (χ1v) is 7.37. The number of carbonyl (C=O) groups is 2. The molecule has 0 fully saturated rings. The fourth-order valence-corrected chi connectivity index (χ4v) is 2.26. The van der Waals surface area contributed by atoms with Gasteiger partial charge in [0, 0.05) is 12.2 Å². The molecule has 0 aromatic rings. The van der Waals surface area contributed by atoms with Crippen molar-refractivity contribution in [1.82, 2.24) is 0 Å². The molecular weight excluding hydrogens is 291 g/mol. The van der Waals surface area contributed by atoms with Crippen LogP contribution in [0.25, 0.3) is 0 Å². The Morgan fingerprint density at radius 3 is 2.05 bits per heavy atom. The lowest BCUT2D eigenvalue weighted by Crippen LogP contribution is -2.17. The molecule has 0 aliphatic carbocycles. The van der Waals surface area contributed by atoms with Crippen LogP contribution in [-0.4, -0.2) is 38.6 Å². The Labute approximate surface area is 117 Å². The zero-order valence-electron chi connectivity index (χ0n) is 11.9. The molecule has 0 saturated heterocycles. The molecule has 9 heteroatoms. The number of ether oxygens (including phenoxy) is 2. The van der Waals surface area contributed by atoms with E-state index in [4.69, 9.17) is 18.3 Å². The molecule has 0 spiro atoms. The van der Waals surface area contributed by atoms with Crippen LogP contribution >= 0.6 is 7.82 Å². The summed E-state index contributed by atoms with van der Waals surface area (Å²) in [5.41, 5.74) is 0. The van der Waals surface area contributed by atoms with Crippen molar-refractivity contribution in [2.24, 2.45) is 0 Å². The average Bonchev–Trinajstić information content (AvgIpc) is 2.35. The van der Waals surface area contributed by atoms with Crippen LogP contribution in [0.1, 0.15) is 20.8 Å². The summed E-state index contributed by atoms with van der Waals surface area (Å²) in [5, 5.41) is 0. The molecule has 0 aromatic carbocycles. The fourth-order valence-electron chi connectivity index (χ4n) is 1.02. The molecule has 1 atom stereocenters. The molecule has 0 radical (unpaired) electrons. The Morgan fingerprint density at radius 1 is 1.10 bits per heavy atom. The van der Waals surface area contributed by atoms with E-state index in [0.717, 1.165) is 12.2 Å². The third-order valence-corrected chi connectivity index (χ3v) is 3.39. The maximum absolute atomic E-state index is 12.0. The van der Waals surface area contributed by atoms with Crippen molar-refractivity contribution in [2.75, 3.05) is 20.3 Å². The van der Waals surface area contributed by atoms with Crippen LogP contribution in [0.3, 0.4) is 0 Å². The van der Waals surface area contributed by atoms with Gasteiger partial charge in [-0.2, -0.15) is 0 Å². The highest BCUT2D eigenvalue weighted by Crippen LogP contribution is 2.50. The van der Waals surface area contributed by atoms with Gasteiger partial charge in [0.15, 0.2) is 0 Å². The maximum Gasteiger partial charge on any atom is 0.477 e. The van der Waals surface area contributed by atoms with Crippen LogP contribution in [0.4, 0.5) is 0 Å². The average molecular weight is 310 g/mol. The van der Waals surface area contributed by atoms with E-state index in [1.165, 1.54) is 14.0 Å². The second kappa shape index (κ2) is 9.66. The molecule has 0 heterocycles. The van der Waals surface area contributed by atoms with Crippen molar-refractivity contribution >= 4 is 19.8 Å². The van der Waals surface area contributed by atoms with E-state index in [1.807, 2.05) is 0 Å². The van der Waals surface area contributed by atoms with E-state index in [1.54, 1.807) is 13.8 Å². The second-order valence-electron chi connectivity index (χ2n) is 3.25. The Hall–Kier alpha value is -1.21. The molecule has 0 aromatic heterocycles. The summed E-state index contributed by atoms with van der Waals surface area (Å²) in [5.74, 6) is -1.56. The van der Waals surface area contributed by atoms with Gasteiger partial charge >= 0.3 is 19.8 Å². The summed E-state index contributed by atoms with van der Waals surface area (Å²) in [7, 11) is -2.60. The van der Waals surface area contributed by atoms with Crippen molar-refractivity contribution in [1.29, 1.82) is 0 Å². The van der Waals surface area contributed by atoms with Crippen LogP contribution in [0.15, 0.2) is 12.2 Å². The highest BCUT2D eigenvalue weighted by atomic mass is 31.2. The number of rotatable bonds is 9. The highest BCUT2D eigenvalue weighted by Gasteiger charge is 2.29. The molecule has 0 aliphatic heterocycles. The number of phosphoric acid groups is 1. The molecule has 116 valence electrons. The van der Waals surface area contributed by atoms with Crippen LogP contribution in [0.5, 0.6) is 0 Å². The predicted molar refractivity (Wildman–Crippen MR) is 68.7 cm³/mol. The molecular formula is C11H19O8P. The molecule has 1 unspecified atom stereocenters. The van der Waals surface area contributed by atoms with Crippen LogP contribution in [0.2, 0.25) is 0 Å². The molecule has 0 aliphatic rings. The van der Waals surface area contributed by atoms with E-state index in [9.17, 15) is 14.2 Å². The molecule has 0 saturated carbocycles. The standard InChI is InChI=1S/C11H19O8P/c1-5-16-20(14,17-6-2)19-9(3)18-11(13)8-7-10(12)15-4/h7-9H,5-6H2,1-4H3. The number of hydrogen-bond donors (Lipinski definition) is 0. The van der Waals surface area contributed by atoms with Crippen molar-refractivity contribution < 1.29 is 37.2 Å². The fraction of sp³-hybridized carbons (Fsp3) is 0.636. The predicted octanol–water partition coefficient (Wildman–Crippen LogP) is 1.80. The molecule has 0 amide bonds. The summed E-state index contributed by atoms with van der Waals surface area (Å²) >= 11 is 0. The third-order valence-electron chi connectivity index (χ3n) is 1.69. The monoisotopic (exact) mass is 310 g/mol. The summed E-state index contributed by atoms with van der Waals surface area (Å²) in [6, 6.07) is 0. The lowest BCUT2D eigenvalue weighted by atomic mass is 10.5. The first kappa shape index (κ1) is 18.8. The molecule has 20 heavy (non-hydrogen) atoms. The largest absolute Gasteiger partial charge is 0.477 e. The van der Waals surface area contributed by atoms with Crippen molar-refractivity contribution in [3.63, 3.8) is 0 Å². The number of methoxy groups -OCH3 is 1. The maximum atomic E-state index is 12.0. The SMILES string of the molecule is CCOP(=O)(OCC)OC(C)OC(=O)C=CC(=O)OC. The van der Waals surface area contributed by atoms with Crippen LogP contribution in [-0.2, 0) is 37.2 Å². The van der Waals surface area contributed by atoms with E-state index in [-0.39, 0.29) is 13.2 Å². The summed E-state index contributed by atoms with van der Waals surface area (Å²) in [4.78, 5) is 22.1. The van der Waals surface area contributed by atoms with E-state index in [2.05, 4.69) is 4.74 Å². The van der Waals surface area contributed by atoms with Gasteiger partial charge in [-0.1, -0.05) is 0 Å². The molecule has 0 N–H and O–H groups in total. The summed E-state index contributed by atoms with van der Waals surface area (Å²) in [6.07, 6.45) is 0.575. The molecule has 8 nitrogen and oxygen atoms in total. The number of carbonyl (C=O) groups excluding carboxylic acids is 2. The van der Waals surface area contributed by atoms with Gasteiger partial charge in [-0.3, -0.25) is 9.05 Å². The van der Waals surface area contributed by atoms with Gasteiger partial charge < -0.3 is 9.47 Å². The van der Waals surface area contributed by atoms with E-state index in [0.29, 0.717) is 0 Å². The number of hydrogen-bond acceptors (Lipinski definition) is 8. The molecule has 0 rings (SSSR count). The van der Waals surface area contributed by atoms with Crippen molar-refractivity contribution in [2.45, 2.75) is 27.1 Å². The number of esters is 2. The van der Waals surface area contributed by atoms with Gasteiger partial charge in [-0.25, -0.2) is 18.7 Å². The summed E-state index contributed by atoms with van der Waals surface area (Å²) in [6.45, 7) is 4.80. The minimum Gasteiger partial charge on any atom is -0.466 e. The van der Waals surface area contributed by atoms with E-state index < -0.39 is 26.1 Å². The van der Waals surface area contributed by atoms with Gasteiger partial charge in [-0.15, -0.1) is 0 Å². The lowest BCUT2D eigenvalue weighted by Gasteiger charge is -2.20. The second-order valence-corrected chi connectivity index (χ2v) is 4.87. The zero-order chi connectivity index (χ0) is 15.6. The summed E-state index contributed by atoms with van der Waals surface area (Å²) < 4.78 is 35.7.